The van der Waals surface area contributed by atoms with Gasteiger partial charge in [-0.05, 0) is 28.1 Å². The smallest absolute Gasteiger partial charge is 0.142 e. The normalized spacial score (nSPS) is 10.5. The van der Waals surface area contributed by atoms with Crippen LogP contribution in [0.2, 0.25) is 0 Å². The maximum atomic E-state index is 8.51. The number of halogens is 2. The Bertz CT molecular complexity index is 391. The quantitative estimate of drug-likeness (QED) is 0.396. The molecule has 1 rings (SSSR count). The first-order valence-electron chi connectivity index (χ1n) is 4.09. The van der Waals surface area contributed by atoms with Gasteiger partial charge in [-0.2, -0.15) is 0 Å². The summed E-state index contributed by atoms with van der Waals surface area (Å²) in [6.45, 7) is 3.96. The topological polar surface area (TPSA) is 41.8 Å². The molecule has 0 aliphatic carbocycles. The number of oxime groups is 1. The van der Waals surface area contributed by atoms with E-state index in [1.165, 1.54) is 6.21 Å². The van der Waals surface area contributed by atoms with E-state index in [2.05, 4.69) is 43.6 Å². The minimum absolute atomic E-state index is 0.395. The number of ether oxygens (including phenoxy) is 1. The second-order valence-corrected chi connectivity index (χ2v) is 4.42. The Balaban J connectivity index is 3.13. The van der Waals surface area contributed by atoms with Gasteiger partial charge < -0.3 is 9.94 Å². The Hall–Kier alpha value is -0.810. The van der Waals surface area contributed by atoms with E-state index in [0.717, 1.165) is 8.95 Å². The zero-order valence-electron chi connectivity index (χ0n) is 7.78. The van der Waals surface area contributed by atoms with Crippen molar-refractivity contribution in [3.63, 3.8) is 0 Å². The summed E-state index contributed by atoms with van der Waals surface area (Å²) in [7, 11) is 0. The van der Waals surface area contributed by atoms with Gasteiger partial charge in [0.15, 0.2) is 0 Å². The lowest BCUT2D eigenvalue weighted by Crippen LogP contribution is -1.98. The molecule has 0 aliphatic rings. The van der Waals surface area contributed by atoms with Gasteiger partial charge in [-0.1, -0.05) is 33.7 Å². The van der Waals surface area contributed by atoms with E-state index in [9.17, 15) is 0 Å². The highest BCUT2D eigenvalue weighted by Crippen LogP contribution is 2.32. The number of rotatable bonds is 4. The fraction of sp³-hybridized carbons (Fsp3) is 0.100. The van der Waals surface area contributed by atoms with E-state index in [1.54, 1.807) is 12.1 Å². The highest BCUT2D eigenvalue weighted by molar-refractivity contribution is 9.11. The highest BCUT2D eigenvalue weighted by Gasteiger charge is 2.08. The summed E-state index contributed by atoms with van der Waals surface area (Å²) in [5.41, 5.74) is 0.681. The molecule has 5 heteroatoms. The van der Waals surface area contributed by atoms with E-state index >= 15 is 0 Å². The van der Waals surface area contributed by atoms with Crippen molar-refractivity contribution in [1.29, 1.82) is 0 Å². The van der Waals surface area contributed by atoms with Crippen LogP contribution in [0.5, 0.6) is 5.75 Å². The molecule has 0 unspecified atom stereocenters. The predicted molar refractivity (Wildman–Crippen MR) is 66.9 cm³/mol. The average molecular weight is 335 g/mol. The molecular formula is C10H9Br2NO2. The minimum atomic E-state index is 0.395. The number of hydrogen-bond acceptors (Lipinski definition) is 3. The van der Waals surface area contributed by atoms with Crippen molar-refractivity contribution in [1.82, 2.24) is 0 Å². The van der Waals surface area contributed by atoms with Crippen molar-refractivity contribution in [2.45, 2.75) is 0 Å². The third-order valence-corrected chi connectivity index (χ3v) is 2.63. The summed E-state index contributed by atoms with van der Waals surface area (Å²) >= 11 is 6.70. The molecule has 0 aromatic heterocycles. The van der Waals surface area contributed by atoms with Gasteiger partial charge in [-0.25, -0.2) is 0 Å². The van der Waals surface area contributed by atoms with Gasteiger partial charge in [0.1, 0.15) is 12.4 Å². The Morgan fingerprint density at radius 3 is 2.80 bits per heavy atom. The lowest BCUT2D eigenvalue weighted by molar-refractivity contribution is 0.321. The molecule has 1 aromatic carbocycles. The summed E-state index contributed by atoms with van der Waals surface area (Å²) < 4.78 is 7.09. The van der Waals surface area contributed by atoms with Crippen LogP contribution in [-0.4, -0.2) is 18.0 Å². The Labute approximate surface area is 105 Å². The van der Waals surface area contributed by atoms with Crippen molar-refractivity contribution in [2.24, 2.45) is 5.16 Å². The number of nitrogens with zero attached hydrogens (tertiary/aromatic N) is 1. The van der Waals surface area contributed by atoms with Crippen LogP contribution < -0.4 is 4.74 Å². The molecule has 15 heavy (non-hydrogen) atoms. The second kappa shape index (κ2) is 5.92. The number of benzene rings is 1. The molecule has 0 fully saturated rings. The molecule has 1 aromatic rings. The van der Waals surface area contributed by atoms with E-state index in [-0.39, 0.29) is 0 Å². The molecule has 0 saturated heterocycles. The molecule has 1 N–H and O–H groups in total. The van der Waals surface area contributed by atoms with Gasteiger partial charge in [0.05, 0.1) is 10.7 Å². The van der Waals surface area contributed by atoms with Gasteiger partial charge in [0.2, 0.25) is 0 Å². The molecule has 3 nitrogen and oxygen atoms in total. The molecule has 0 heterocycles. The van der Waals surface area contributed by atoms with E-state index in [0.29, 0.717) is 17.9 Å². The Morgan fingerprint density at radius 2 is 2.20 bits per heavy atom. The van der Waals surface area contributed by atoms with E-state index in [4.69, 9.17) is 9.94 Å². The molecule has 0 bridgehead atoms. The van der Waals surface area contributed by atoms with Crippen LogP contribution >= 0.6 is 31.9 Å². The van der Waals surface area contributed by atoms with Gasteiger partial charge in [-0.3, -0.25) is 0 Å². The van der Waals surface area contributed by atoms with Crippen molar-refractivity contribution >= 4 is 38.1 Å². The zero-order valence-corrected chi connectivity index (χ0v) is 11.0. The van der Waals surface area contributed by atoms with E-state index < -0.39 is 0 Å². The van der Waals surface area contributed by atoms with Crippen molar-refractivity contribution < 1.29 is 9.94 Å². The first kappa shape index (κ1) is 12.3. The lowest BCUT2D eigenvalue weighted by Gasteiger charge is -2.09. The Morgan fingerprint density at radius 1 is 1.47 bits per heavy atom. The van der Waals surface area contributed by atoms with Crippen LogP contribution in [0.3, 0.4) is 0 Å². The summed E-state index contributed by atoms with van der Waals surface area (Å²) in [5, 5.41) is 11.5. The molecule has 80 valence electrons. The first-order chi connectivity index (χ1) is 7.19. The van der Waals surface area contributed by atoms with Crippen LogP contribution in [0.15, 0.2) is 38.9 Å². The zero-order chi connectivity index (χ0) is 11.3. The molecule has 0 atom stereocenters. The van der Waals surface area contributed by atoms with Crippen LogP contribution in [0.4, 0.5) is 0 Å². The average Bonchev–Trinajstić information content (AvgIpc) is 2.17. The summed E-state index contributed by atoms with van der Waals surface area (Å²) in [4.78, 5) is 0. The van der Waals surface area contributed by atoms with Crippen LogP contribution in [0, 0.1) is 0 Å². The lowest BCUT2D eigenvalue weighted by atomic mass is 10.2. The largest absolute Gasteiger partial charge is 0.488 e. The number of hydrogen-bond donors (Lipinski definition) is 1. The molecule has 0 radical (unpaired) electrons. The van der Waals surface area contributed by atoms with E-state index in [1.807, 2.05) is 6.07 Å². The fourth-order valence-electron chi connectivity index (χ4n) is 1.03. The van der Waals surface area contributed by atoms with Crippen LogP contribution in [0.25, 0.3) is 0 Å². The maximum absolute atomic E-state index is 8.51. The molecular weight excluding hydrogens is 326 g/mol. The minimum Gasteiger partial charge on any atom is -0.488 e. The van der Waals surface area contributed by atoms with Gasteiger partial charge in [0.25, 0.3) is 0 Å². The summed E-state index contributed by atoms with van der Waals surface area (Å²) in [6, 6.07) is 3.65. The van der Waals surface area contributed by atoms with Gasteiger partial charge >= 0.3 is 0 Å². The second-order valence-electron chi connectivity index (χ2n) is 2.65. The first-order valence-corrected chi connectivity index (χ1v) is 5.67. The molecule has 0 aliphatic heterocycles. The van der Waals surface area contributed by atoms with Gasteiger partial charge in [-0.15, -0.1) is 0 Å². The molecule has 0 saturated carbocycles. The maximum Gasteiger partial charge on any atom is 0.142 e. The summed E-state index contributed by atoms with van der Waals surface area (Å²) in [5.74, 6) is 0.621. The highest BCUT2D eigenvalue weighted by atomic mass is 79.9. The Kier molecular flexibility index (Phi) is 4.84. The third-order valence-electron chi connectivity index (χ3n) is 1.58. The molecule has 0 spiro atoms. The van der Waals surface area contributed by atoms with Gasteiger partial charge in [0, 0.05) is 10.0 Å². The van der Waals surface area contributed by atoms with Crippen molar-refractivity contribution in [3.05, 3.63) is 39.3 Å². The van der Waals surface area contributed by atoms with Crippen LogP contribution in [-0.2, 0) is 0 Å². The van der Waals surface area contributed by atoms with Crippen molar-refractivity contribution in [3.8, 4) is 5.75 Å². The third kappa shape index (κ3) is 3.35. The predicted octanol–water partition coefficient (Wildman–Crippen LogP) is 3.58. The van der Waals surface area contributed by atoms with Crippen molar-refractivity contribution in [2.75, 3.05) is 6.61 Å². The van der Waals surface area contributed by atoms with Crippen LogP contribution in [0.1, 0.15) is 5.56 Å². The summed E-state index contributed by atoms with van der Waals surface area (Å²) in [6.07, 6.45) is 2.96. The SMILES string of the molecule is C=CCOc1c(Br)cc(Br)cc1/C=N/O. The standard InChI is InChI=1S/C10H9Br2NO2/c1-2-3-15-10-7(6-13-14)4-8(11)5-9(10)12/h2,4-6,14H,1,3H2/b13-6+. The molecule has 0 amide bonds. The fourth-order valence-corrected chi connectivity index (χ4v) is 2.41. The monoisotopic (exact) mass is 333 g/mol.